The van der Waals surface area contributed by atoms with Crippen molar-refractivity contribution in [3.63, 3.8) is 0 Å². The molecule has 0 saturated carbocycles. The lowest BCUT2D eigenvalue weighted by atomic mass is 9.94. The van der Waals surface area contributed by atoms with Crippen LogP contribution in [0, 0.1) is 0 Å². The second-order valence-corrected chi connectivity index (χ2v) is 7.08. The number of rotatable bonds is 4. The van der Waals surface area contributed by atoms with Gasteiger partial charge in [0.2, 0.25) is 0 Å². The van der Waals surface area contributed by atoms with Crippen LogP contribution < -0.4 is 5.32 Å². The first-order valence-electron chi connectivity index (χ1n) is 9.24. The highest BCUT2D eigenvalue weighted by Crippen LogP contribution is 2.26. The van der Waals surface area contributed by atoms with Crippen molar-refractivity contribution in [2.75, 3.05) is 13.1 Å². The van der Waals surface area contributed by atoms with E-state index in [1.54, 1.807) is 0 Å². The van der Waals surface area contributed by atoms with Gasteiger partial charge in [0.15, 0.2) is 11.6 Å². The Morgan fingerprint density at radius 1 is 1.12 bits per heavy atom. The van der Waals surface area contributed by atoms with Crippen molar-refractivity contribution in [2.45, 2.75) is 50.7 Å². The molecule has 3 heterocycles. The lowest BCUT2D eigenvalue weighted by Gasteiger charge is -2.38. The summed E-state index contributed by atoms with van der Waals surface area (Å²) in [4.78, 5) is 7.43. The molecule has 2 aliphatic rings. The largest absolute Gasteiger partial charge is 0.312 e. The zero-order valence-electron chi connectivity index (χ0n) is 14.5. The molecule has 2 atom stereocenters. The van der Waals surface area contributed by atoms with E-state index in [-0.39, 0.29) is 0 Å². The standard InChI is InChI=1S/C19H27N5/c1-23-19(15-8-3-2-4-9-15)21-18(22-23)14-24-13-6-5-11-17(24)16-10-7-12-20-16/h2-4,8-9,16-17,20H,5-7,10-14H2,1H3. The van der Waals surface area contributed by atoms with Crippen LogP contribution in [0.15, 0.2) is 30.3 Å². The van der Waals surface area contributed by atoms with Crippen LogP contribution in [0.2, 0.25) is 0 Å². The zero-order valence-corrected chi connectivity index (χ0v) is 14.5. The Balaban J connectivity index is 1.51. The average molecular weight is 325 g/mol. The summed E-state index contributed by atoms with van der Waals surface area (Å²) in [5.41, 5.74) is 1.13. The van der Waals surface area contributed by atoms with Crippen molar-refractivity contribution in [3.8, 4) is 11.4 Å². The highest BCUT2D eigenvalue weighted by atomic mass is 15.4. The Morgan fingerprint density at radius 2 is 2.00 bits per heavy atom. The lowest BCUT2D eigenvalue weighted by molar-refractivity contribution is 0.109. The topological polar surface area (TPSA) is 46.0 Å². The van der Waals surface area contributed by atoms with Crippen LogP contribution in [-0.4, -0.2) is 44.8 Å². The van der Waals surface area contributed by atoms with Crippen molar-refractivity contribution in [1.29, 1.82) is 0 Å². The predicted octanol–water partition coefficient (Wildman–Crippen LogP) is 2.59. The fraction of sp³-hybridized carbons (Fsp3) is 0.579. The van der Waals surface area contributed by atoms with E-state index in [9.17, 15) is 0 Å². The van der Waals surface area contributed by atoms with Crippen molar-refractivity contribution in [1.82, 2.24) is 25.0 Å². The van der Waals surface area contributed by atoms with Crippen LogP contribution >= 0.6 is 0 Å². The van der Waals surface area contributed by atoms with E-state index in [2.05, 4.69) is 39.6 Å². The number of hydrogen-bond acceptors (Lipinski definition) is 4. The second-order valence-electron chi connectivity index (χ2n) is 7.08. The third-order valence-electron chi connectivity index (χ3n) is 5.41. The van der Waals surface area contributed by atoms with E-state index in [0.717, 1.165) is 23.8 Å². The minimum absolute atomic E-state index is 0.644. The molecular formula is C19H27N5. The Labute approximate surface area is 144 Å². The summed E-state index contributed by atoms with van der Waals surface area (Å²) in [5, 5.41) is 8.38. The first-order valence-corrected chi connectivity index (χ1v) is 9.24. The minimum Gasteiger partial charge on any atom is -0.312 e. The monoisotopic (exact) mass is 325 g/mol. The maximum absolute atomic E-state index is 4.82. The summed E-state index contributed by atoms with van der Waals surface area (Å²) in [6, 6.07) is 11.6. The van der Waals surface area contributed by atoms with Crippen molar-refractivity contribution in [3.05, 3.63) is 36.2 Å². The molecule has 1 aromatic heterocycles. The van der Waals surface area contributed by atoms with E-state index in [0.29, 0.717) is 12.1 Å². The van der Waals surface area contributed by atoms with Gasteiger partial charge >= 0.3 is 0 Å². The number of hydrogen-bond donors (Lipinski definition) is 1. The molecule has 2 fully saturated rings. The third-order valence-corrected chi connectivity index (χ3v) is 5.41. The highest BCUT2D eigenvalue weighted by Gasteiger charge is 2.32. The maximum atomic E-state index is 4.82. The molecule has 5 heteroatoms. The Hall–Kier alpha value is -1.72. The number of likely N-dealkylation sites (tertiary alicyclic amines) is 1. The van der Waals surface area contributed by atoms with E-state index in [1.807, 2.05) is 17.8 Å². The average Bonchev–Trinajstić information content (AvgIpc) is 3.26. The molecular weight excluding hydrogens is 298 g/mol. The van der Waals surface area contributed by atoms with E-state index < -0.39 is 0 Å². The smallest absolute Gasteiger partial charge is 0.165 e. The predicted molar refractivity (Wildman–Crippen MR) is 95.5 cm³/mol. The molecule has 0 spiro atoms. The fourth-order valence-corrected chi connectivity index (χ4v) is 4.23. The van der Waals surface area contributed by atoms with Crippen LogP contribution in [0.5, 0.6) is 0 Å². The highest BCUT2D eigenvalue weighted by molar-refractivity contribution is 5.54. The SMILES string of the molecule is Cn1nc(CN2CCCCC2C2CCCN2)nc1-c1ccccc1. The molecule has 1 aromatic carbocycles. The molecule has 2 unspecified atom stereocenters. The minimum atomic E-state index is 0.644. The van der Waals surface area contributed by atoms with Crippen LogP contribution in [-0.2, 0) is 13.6 Å². The van der Waals surface area contributed by atoms with Crippen LogP contribution in [0.3, 0.4) is 0 Å². The summed E-state index contributed by atoms with van der Waals surface area (Å²) in [7, 11) is 1.99. The van der Waals surface area contributed by atoms with Crippen molar-refractivity contribution < 1.29 is 0 Å². The number of nitrogens with one attached hydrogen (secondary N) is 1. The molecule has 0 aliphatic carbocycles. The molecule has 128 valence electrons. The zero-order chi connectivity index (χ0) is 16.4. The van der Waals surface area contributed by atoms with Gasteiger partial charge in [-0.3, -0.25) is 4.90 Å². The Morgan fingerprint density at radius 3 is 2.79 bits per heavy atom. The molecule has 2 aliphatic heterocycles. The first-order chi connectivity index (χ1) is 11.8. The van der Waals surface area contributed by atoms with Gasteiger partial charge in [0.25, 0.3) is 0 Å². The second kappa shape index (κ2) is 7.03. The summed E-state index contributed by atoms with van der Waals surface area (Å²) >= 11 is 0. The first kappa shape index (κ1) is 15.8. The van der Waals surface area contributed by atoms with Gasteiger partial charge in [-0.15, -0.1) is 0 Å². The quantitative estimate of drug-likeness (QED) is 0.938. The van der Waals surface area contributed by atoms with E-state index in [4.69, 9.17) is 4.98 Å². The Kier molecular flexibility index (Phi) is 4.63. The molecule has 24 heavy (non-hydrogen) atoms. The van der Waals surface area contributed by atoms with Gasteiger partial charge in [-0.2, -0.15) is 5.10 Å². The molecule has 0 bridgehead atoms. The van der Waals surface area contributed by atoms with E-state index in [1.165, 1.54) is 45.2 Å². The van der Waals surface area contributed by atoms with Gasteiger partial charge in [-0.25, -0.2) is 9.67 Å². The fourth-order valence-electron chi connectivity index (χ4n) is 4.23. The van der Waals surface area contributed by atoms with Crippen LogP contribution in [0.1, 0.15) is 37.9 Å². The lowest BCUT2D eigenvalue weighted by Crippen LogP contribution is -2.49. The van der Waals surface area contributed by atoms with Crippen LogP contribution in [0.25, 0.3) is 11.4 Å². The van der Waals surface area contributed by atoms with Gasteiger partial charge in [-0.1, -0.05) is 36.8 Å². The number of aryl methyl sites for hydroxylation is 1. The molecule has 1 N–H and O–H groups in total. The Bertz CT molecular complexity index is 660. The van der Waals surface area contributed by atoms with Gasteiger partial charge in [0, 0.05) is 24.7 Å². The van der Waals surface area contributed by atoms with Crippen molar-refractivity contribution >= 4 is 0 Å². The van der Waals surface area contributed by atoms with Crippen LogP contribution in [0.4, 0.5) is 0 Å². The number of benzene rings is 1. The summed E-state index contributed by atoms with van der Waals surface area (Å²) in [5.74, 6) is 1.90. The van der Waals surface area contributed by atoms with Crippen molar-refractivity contribution in [2.24, 2.45) is 7.05 Å². The number of piperidine rings is 1. The van der Waals surface area contributed by atoms with Gasteiger partial charge in [0.1, 0.15) is 0 Å². The molecule has 4 rings (SSSR count). The summed E-state index contributed by atoms with van der Waals surface area (Å²) in [6.07, 6.45) is 6.57. The van der Waals surface area contributed by atoms with Gasteiger partial charge in [0.05, 0.1) is 6.54 Å². The summed E-state index contributed by atoms with van der Waals surface area (Å²) < 4.78 is 1.91. The molecule has 5 nitrogen and oxygen atoms in total. The normalized spacial score (nSPS) is 25.2. The van der Waals surface area contributed by atoms with E-state index >= 15 is 0 Å². The van der Waals surface area contributed by atoms with Gasteiger partial charge < -0.3 is 5.32 Å². The summed E-state index contributed by atoms with van der Waals surface area (Å²) in [6.45, 7) is 3.21. The molecule has 2 aromatic rings. The maximum Gasteiger partial charge on any atom is 0.165 e. The van der Waals surface area contributed by atoms with Gasteiger partial charge in [-0.05, 0) is 38.8 Å². The molecule has 2 saturated heterocycles. The molecule has 0 amide bonds. The number of aromatic nitrogens is 3. The number of nitrogens with zero attached hydrogens (tertiary/aromatic N) is 4. The third kappa shape index (κ3) is 3.23. The molecule has 0 radical (unpaired) electrons.